The van der Waals surface area contributed by atoms with Crippen LogP contribution in [0.2, 0.25) is 0 Å². The zero-order valence-electron chi connectivity index (χ0n) is 11.1. The molecule has 0 spiro atoms. The van der Waals surface area contributed by atoms with Gasteiger partial charge in [0, 0.05) is 6.04 Å². The van der Waals surface area contributed by atoms with Crippen LogP contribution in [0, 0.1) is 0 Å². The highest BCUT2D eigenvalue weighted by molar-refractivity contribution is 6.51. The molecule has 0 radical (unpaired) electrons. The molecule has 2 aliphatic rings. The van der Waals surface area contributed by atoms with Gasteiger partial charge in [0.2, 0.25) is 0 Å². The van der Waals surface area contributed by atoms with E-state index in [1.165, 1.54) is 0 Å². The molecule has 6 heteroatoms. The second kappa shape index (κ2) is 4.59. The van der Waals surface area contributed by atoms with E-state index in [0.29, 0.717) is 11.9 Å². The Bertz CT molecular complexity index is 375. The third kappa shape index (κ3) is 2.54. The molecule has 100 valence electrons. The summed E-state index contributed by atoms with van der Waals surface area (Å²) < 4.78 is 5.38. The maximum Gasteiger partial charge on any atom is 0.485 e. The summed E-state index contributed by atoms with van der Waals surface area (Å²) in [5.41, 5.74) is -0.00928. The SMILES string of the molecule is CC(C)(C)OC(=O)N1C2CC=C(B(O)O)C1CC2. The number of amides is 1. The summed E-state index contributed by atoms with van der Waals surface area (Å²) in [6, 6.07) is -0.0917. The molecule has 2 atom stereocenters. The summed E-state index contributed by atoms with van der Waals surface area (Å²) in [6.45, 7) is 5.48. The first-order valence-electron chi connectivity index (χ1n) is 6.37. The maximum atomic E-state index is 12.2. The molecule has 0 aromatic carbocycles. The van der Waals surface area contributed by atoms with Crippen molar-refractivity contribution in [3.8, 4) is 0 Å². The van der Waals surface area contributed by atoms with Crippen molar-refractivity contribution in [2.24, 2.45) is 0 Å². The lowest BCUT2D eigenvalue weighted by atomic mass is 9.73. The zero-order valence-corrected chi connectivity index (χ0v) is 11.1. The van der Waals surface area contributed by atoms with Gasteiger partial charge >= 0.3 is 13.2 Å². The Kier molecular flexibility index (Phi) is 3.42. The van der Waals surface area contributed by atoms with Crippen molar-refractivity contribution in [1.82, 2.24) is 4.90 Å². The Balaban J connectivity index is 2.15. The van der Waals surface area contributed by atoms with Crippen LogP contribution in [-0.4, -0.2) is 45.8 Å². The fraction of sp³-hybridized carbons (Fsp3) is 0.750. The number of hydrogen-bond donors (Lipinski definition) is 2. The first-order chi connectivity index (χ1) is 8.29. The Morgan fingerprint density at radius 3 is 2.67 bits per heavy atom. The number of hydrogen-bond acceptors (Lipinski definition) is 4. The van der Waals surface area contributed by atoms with E-state index in [1.807, 2.05) is 26.8 Å². The first-order valence-corrected chi connectivity index (χ1v) is 6.37. The highest BCUT2D eigenvalue weighted by Gasteiger charge is 2.45. The number of carbonyl (C=O) groups excluding carboxylic acids is 1. The summed E-state index contributed by atoms with van der Waals surface area (Å²) in [5.74, 6) is 0. The van der Waals surface area contributed by atoms with Gasteiger partial charge in [-0.3, -0.25) is 4.90 Å². The van der Waals surface area contributed by atoms with Gasteiger partial charge in [0.25, 0.3) is 0 Å². The third-order valence-corrected chi connectivity index (χ3v) is 3.42. The Hall–Kier alpha value is -1.01. The van der Waals surface area contributed by atoms with Crippen LogP contribution in [-0.2, 0) is 4.74 Å². The molecule has 0 saturated carbocycles. The molecule has 2 aliphatic heterocycles. The van der Waals surface area contributed by atoms with Gasteiger partial charge in [-0.25, -0.2) is 4.79 Å². The Morgan fingerprint density at radius 1 is 1.44 bits per heavy atom. The van der Waals surface area contributed by atoms with Crippen molar-refractivity contribution in [3.63, 3.8) is 0 Å². The van der Waals surface area contributed by atoms with Gasteiger partial charge in [-0.1, -0.05) is 6.08 Å². The second-order valence-corrected chi connectivity index (χ2v) is 5.95. The molecule has 2 rings (SSSR count). The van der Waals surface area contributed by atoms with Gasteiger partial charge in [0.05, 0.1) is 6.04 Å². The van der Waals surface area contributed by atoms with E-state index in [2.05, 4.69) is 0 Å². The van der Waals surface area contributed by atoms with Crippen LogP contribution in [0.4, 0.5) is 4.79 Å². The van der Waals surface area contributed by atoms with Crippen LogP contribution < -0.4 is 0 Å². The quantitative estimate of drug-likeness (QED) is 0.686. The molecule has 0 aromatic rings. The average molecular weight is 253 g/mol. The summed E-state index contributed by atoms with van der Waals surface area (Å²) >= 11 is 0. The van der Waals surface area contributed by atoms with Crippen LogP contribution in [0.3, 0.4) is 0 Å². The van der Waals surface area contributed by atoms with Gasteiger partial charge in [-0.05, 0) is 45.5 Å². The lowest BCUT2D eigenvalue weighted by molar-refractivity contribution is 0.0165. The predicted molar refractivity (Wildman–Crippen MR) is 67.8 cm³/mol. The molecule has 1 saturated heterocycles. The molecule has 2 bridgehead atoms. The van der Waals surface area contributed by atoms with Crippen LogP contribution >= 0.6 is 0 Å². The fourth-order valence-corrected chi connectivity index (χ4v) is 2.72. The number of fused-ring (bicyclic) bond motifs is 2. The van der Waals surface area contributed by atoms with Crippen LogP contribution in [0.5, 0.6) is 0 Å². The van der Waals surface area contributed by atoms with Gasteiger partial charge in [-0.15, -0.1) is 0 Å². The first kappa shape index (κ1) is 13.4. The molecule has 2 N–H and O–H groups in total. The number of nitrogens with zero attached hydrogens (tertiary/aromatic N) is 1. The van der Waals surface area contributed by atoms with Gasteiger partial charge in [-0.2, -0.15) is 0 Å². The van der Waals surface area contributed by atoms with Crippen LogP contribution in [0.1, 0.15) is 40.0 Å². The topological polar surface area (TPSA) is 70.0 Å². The smallest absolute Gasteiger partial charge is 0.444 e. The minimum absolute atomic E-state index is 0.132. The Morgan fingerprint density at radius 2 is 2.11 bits per heavy atom. The van der Waals surface area contributed by atoms with E-state index >= 15 is 0 Å². The second-order valence-electron chi connectivity index (χ2n) is 5.95. The molecule has 0 aromatic heterocycles. The van der Waals surface area contributed by atoms with Crippen molar-refractivity contribution >= 4 is 13.2 Å². The highest BCUT2D eigenvalue weighted by Crippen LogP contribution is 2.37. The molecule has 1 amide bonds. The lowest BCUT2D eigenvalue weighted by Crippen LogP contribution is -2.48. The minimum Gasteiger partial charge on any atom is -0.444 e. The molecule has 0 aliphatic carbocycles. The van der Waals surface area contributed by atoms with Gasteiger partial charge < -0.3 is 14.8 Å². The number of rotatable bonds is 1. The van der Waals surface area contributed by atoms with Gasteiger partial charge in [0.1, 0.15) is 5.60 Å². The average Bonchev–Trinajstić information content (AvgIpc) is 2.49. The number of ether oxygens (including phenoxy) is 1. The standard InChI is InChI=1S/C12H20BNO4/c1-12(2,3)18-11(15)14-8-4-6-9(13(16)17)10(14)7-5-8/h6,8,10,16-17H,4-5,7H2,1-3H3. The molecule has 1 fully saturated rings. The molecule has 2 heterocycles. The van der Waals surface area contributed by atoms with E-state index in [-0.39, 0.29) is 18.2 Å². The van der Waals surface area contributed by atoms with Crippen LogP contribution in [0.15, 0.2) is 11.5 Å². The van der Waals surface area contributed by atoms with Crippen molar-refractivity contribution in [2.75, 3.05) is 0 Å². The summed E-state index contributed by atoms with van der Waals surface area (Å²) in [7, 11) is -1.49. The van der Waals surface area contributed by atoms with Crippen molar-refractivity contribution in [2.45, 2.75) is 57.7 Å². The van der Waals surface area contributed by atoms with Crippen LogP contribution in [0.25, 0.3) is 0 Å². The van der Waals surface area contributed by atoms with E-state index in [0.717, 1.165) is 12.8 Å². The molecule has 2 unspecified atom stereocenters. The van der Waals surface area contributed by atoms with E-state index in [1.54, 1.807) is 4.90 Å². The van der Waals surface area contributed by atoms with E-state index < -0.39 is 12.7 Å². The molecular weight excluding hydrogens is 233 g/mol. The maximum absolute atomic E-state index is 12.2. The summed E-state index contributed by atoms with van der Waals surface area (Å²) in [4.78, 5) is 13.8. The highest BCUT2D eigenvalue weighted by atomic mass is 16.6. The third-order valence-electron chi connectivity index (χ3n) is 3.42. The normalized spacial score (nSPS) is 26.9. The Labute approximate surface area is 108 Å². The van der Waals surface area contributed by atoms with Crippen molar-refractivity contribution < 1.29 is 19.6 Å². The predicted octanol–water partition coefficient (Wildman–Crippen LogP) is 1.10. The van der Waals surface area contributed by atoms with E-state index in [9.17, 15) is 14.8 Å². The molecule has 5 nitrogen and oxygen atoms in total. The van der Waals surface area contributed by atoms with Crippen molar-refractivity contribution in [1.29, 1.82) is 0 Å². The van der Waals surface area contributed by atoms with E-state index in [4.69, 9.17) is 4.74 Å². The van der Waals surface area contributed by atoms with Crippen molar-refractivity contribution in [3.05, 3.63) is 11.5 Å². The van der Waals surface area contributed by atoms with Gasteiger partial charge in [0.15, 0.2) is 0 Å². The lowest BCUT2D eigenvalue weighted by Gasteiger charge is -2.36. The summed E-state index contributed by atoms with van der Waals surface area (Å²) in [6.07, 6.45) is 3.81. The minimum atomic E-state index is -1.49. The monoisotopic (exact) mass is 253 g/mol. The fourth-order valence-electron chi connectivity index (χ4n) is 2.72. The summed E-state index contributed by atoms with van der Waals surface area (Å²) in [5, 5.41) is 18.7. The largest absolute Gasteiger partial charge is 0.485 e. The molecular formula is C12H20BNO4. The number of carbonyl (C=O) groups is 1. The zero-order chi connectivity index (χ0) is 13.5. The molecule has 18 heavy (non-hydrogen) atoms.